The van der Waals surface area contributed by atoms with E-state index in [4.69, 9.17) is 4.74 Å². The maximum Gasteiger partial charge on any atom is 0.134 e. The second kappa shape index (κ2) is 6.52. The molecule has 1 aromatic carbocycles. The van der Waals surface area contributed by atoms with Crippen LogP contribution >= 0.6 is 0 Å². The summed E-state index contributed by atoms with van der Waals surface area (Å²) in [4.78, 5) is 0. The van der Waals surface area contributed by atoms with Gasteiger partial charge in [-0.1, -0.05) is 24.3 Å². The number of hydrogen-bond acceptors (Lipinski definition) is 4. The van der Waals surface area contributed by atoms with Crippen LogP contribution in [-0.4, -0.2) is 21.5 Å². The highest BCUT2D eigenvalue weighted by molar-refractivity contribution is 5.39. The highest BCUT2D eigenvalue weighted by Gasteiger charge is 2.11. The van der Waals surface area contributed by atoms with E-state index in [1.54, 1.807) is 4.68 Å². The second-order valence-corrected chi connectivity index (χ2v) is 4.99. The number of nitrogens with one attached hydrogen (secondary N) is 1. The van der Waals surface area contributed by atoms with Crippen LogP contribution in [0.3, 0.4) is 0 Å². The molecule has 2 rings (SSSR count). The lowest BCUT2D eigenvalue weighted by Gasteiger charge is -2.18. The monoisotopic (exact) mass is 274 g/mol. The third-order valence-corrected chi connectivity index (χ3v) is 3.17. The molecule has 0 aliphatic heterocycles. The molecule has 1 heterocycles. The van der Waals surface area contributed by atoms with Crippen molar-refractivity contribution in [3.63, 3.8) is 0 Å². The van der Waals surface area contributed by atoms with Gasteiger partial charge in [-0.05, 0) is 32.0 Å². The number of ether oxygens (including phenoxy) is 1. The third kappa shape index (κ3) is 3.57. The zero-order valence-electron chi connectivity index (χ0n) is 12.6. The Hall–Kier alpha value is -1.88. The molecule has 0 saturated heterocycles. The summed E-state index contributed by atoms with van der Waals surface area (Å²) < 4.78 is 7.61. The summed E-state index contributed by atoms with van der Waals surface area (Å²) in [5.74, 6) is 0.907. The molecule has 0 amide bonds. The molecule has 1 unspecified atom stereocenters. The topological polar surface area (TPSA) is 52.0 Å². The standard InChI is InChI=1S/C15H22N4O/c1-5-16-12(3)14-7-6-11(2)8-15(14)20-10-13-9-19(4)18-17-13/h6-9,12,16H,5,10H2,1-4H3. The van der Waals surface area contributed by atoms with Crippen molar-refractivity contribution in [1.29, 1.82) is 0 Å². The summed E-state index contributed by atoms with van der Waals surface area (Å²) in [6, 6.07) is 6.56. The average Bonchev–Trinajstić information content (AvgIpc) is 2.82. The fourth-order valence-electron chi connectivity index (χ4n) is 2.15. The van der Waals surface area contributed by atoms with Crippen molar-refractivity contribution in [2.45, 2.75) is 33.4 Å². The quantitative estimate of drug-likeness (QED) is 0.878. The van der Waals surface area contributed by atoms with Gasteiger partial charge in [-0.3, -0.25) is 4.68 Å². The van der Waals surface area contributed by atoms with E-state index in [0.717, 1.165) is 18.0 Å². The molecule has 2 aromatic rings. The lowest BCUT2D eigenvalue weighted by Crippen LogP contribution is -2.18. The van der Waals surface area contributed by atoms with Gasteiger partial charge >= 0.3 is 0 Å². The number of nitrogens with zero attached hydrogens (tertiary/aromatic N) is 3. The van der Waals surface area contributed by atoms with Gasteiger partial charge in [0.25, 0.3) is 0 Å². The van der Waals surface area contributed by atoms with E-state index in [-0.39, 0.29) is 6.04 Å². The fraction of sp³-hybridized carbons (Fsp3) is 0.467. The highest BCUT2D eigenvalue weighted by Crippen LogP contribution is 2.27. The smallest absolute Gasteiger partial charge is 0.134 e. The van der Waals surface area contributed by atoms with Crippen molar-refractivity contribution in [2.75, 3.05) is 6.54 Å². The lowest BCUT2D eigenvalue weighted by molar-refractivity contribution is 0.295. The molecule has 108 valence electrons. The van der Waals surface area contributed by atoms with Crippen molar-refractivity contribution in [1.82, 2.24) is 20.3 Å². The molecule has 1 atom stereocenters. The molecule has 0 aliphatic rings. The van der Waals surface area contributed by atoms with E-state index in [1.165, 1.54) is 11.1 Å². The van der Waals surface area contributed by atoms with Gasteiger partial charge < -0.3 is 10.1 Å². The molecule has 0 saturated carbocycles. The van der Waals surface area contributed by atoms with Crippen LogP contribution in [0.25, 0.3) is 0 Å². The van der Waals surface area contributed by atoms with Gasteiger partial charge in [-0.25, -0.2) is 0 Å². The third-order valence-electron chi connectivity index (χ3n) is 3.17. The van der Waals surface area contributed by atoms with Crippen LogP contribution in [0.4, 0.5) is 0 Å². The van der Waals surface area contributed by atoms with E-state index in [2.05, 4.69) is 54.6 Å². The zero-order chi connectivity index (χ0) is 14.5. The van der Waals surface area contributed by atoms with Gasteiger partial charge in [-0.15, -0.1) is 5.10 Å². The van der Waals surface area contributed by atoms with Crippen molar-refractivity contribution in [2.24, 2.45) is 7.05 Å². The average molecular weight is 274 g/mol. The van der Waals surface area contributed by atoms with Crippen LogP contribution in [0.5, 0.6) is 5.75 Å². The summed E-state index contributed by atoms with van der Waals surface area (Å²) in [6.07, 6.45) is 1.86. The van der Waals surface area contributed by atoms with Gasteiger partial charge in [0, 0.05) is 18.7 Å². The maximum atomic E-state index is 5.93. The fourth-order valence-corrected chi connectivity index (χ4v) is 2.15. The van der Waals surface area contributed by atoms with Gasteiger partial charge in [-0.2, -0.15) is 0 Å². The van der Waals surface area contributed by atoms with Crippen LogP contribution in [0.1, 0.15) is 36.7 Å². The van der Waals surface area contributed by atoms with E-state index in [1.807, 2.05) is 13.2 Å². The van der Waals surface area contributed by atoms with Gasteiger partial charge in [0.15, 0.2) is 0 Å². The molecule has 0 radical (unpaired) electrons. The van der Waals surface area contributed by atoms with Crippen LogP contribution in [0, 0.1) is 6.92 Å². The Labute approximate surface area is 120 Å². The first-order chi connectivity index (χ1) is 9.60. The SMILES string of the molecule is CCNC(C)c1ccc(C)cc1OCc1cn(C)nn1. The largest absolute Gasteiger partial charge is 0.487 e. The molecular weight excluding hydrogens is 252 g/mol. The van der Waals surface area contributed by atoms with Gasteiger partial charge in [0.2, 0.25) is 0 Å². The Morgan fingerprint density at radius 2 is 2.20 bits per heavy atom. The number of aryl methyl sites for hydroxylation is 2. The normalized spacial score (nSPS) is 12.4. The molecule has 0 spiro atoms. The molecule has 5 heteroatoms. The first kappa shape index (κ1) is 14.5. The summed E-state index contributed by atoms with van der Waals surface area (Å²) in [7, 11) is 1.85. The van der Waals surface area contributed by atoms with Gasteiger partial charge in [0.1, 0.15) is 18.1 Å². The van der Waals surface area contributed by atoms with Crippen LogP contribution < -0.4 is 10.1 Å². The molecule has 20 heavy (non-hydrogen) atoms. The molecule has 5 nitrogen and oxygen atoms in total. The first-order valence-corrected chi connectivity index (χ1v) is 6.92. The second-order valence-electron chi connectivity index (χ2n) is 4.99. The number of hydrogen-bond donors (Lipinski definition) is 1. The lowest BCUT2D eigenvalue weighted by atomic mass is 10.0. The minimum absolute atomic E-state index is 0.262. The van der Waals surface area contributed by atoms with Crippen molar-refractivity contribution in [3.8, 4) is 5.75 Å². The molecule has 0 aliphatic carbocycles. The van der Waals surface area contributed by atoms with E-state index in [0.29, 0.717) is 6.61 Å². The van der Waals surface area contributed by atoms with E-state index >= 15 is 0 Å². The highest BCUT2D eigenvalue weighted by atomic mass is 16.5. The summed E-state index contributed by atoms with van der Waals surface area (Å²) in [5, 5.41) is 11.4. The predicted molar refractivity (Wildman–Crippen MR) is 78.6 cm³/mol. The number of aromatic nitrogens is 3. The van der Waals surface area contributed by atoms with Crippen LogP contribution in [0.2, 0.25) is 0 Å². The molecule has 0 fully saturated rings. The minimum atomic E-state index is 0.262. The van der Waals surface area contributed by atoms with E-state index in [9.17, 15) is 0 Å². The molecule has 0 bridgehead atoms. The Bertz CT molecular complexity index is 565. The molecular formula is C15H22N4O. The number of rotatable bonds is 6. The summed E-state index contributed by atoms with van der Waals surface area (Å²) in [5.41, 5.74) is 3.18. The Balaban J connectivity index is 2.14. The summed E-state index contributed by atoms with van der Waals surface area (Å²) in [6.45, 7) is 7.67. The minimum Gasteiger partial charge on any atom is -0.487 e. The van der Waals surface area contributed by atoms with Crippen molar-refractivity contribution in [3.05, 3.63) is 41.2 Å². The zero-order valence-corrected chi connectivity index (χ0v) is 12.6. The Kier molecular flexibility index (Phi) is 4.74. The number of benzene rings is 1. The molecule has 1 aromatic heterocycles. The Morgan fingerprint density at radius 3 is 2.85 bits per heavy atom. The summed E-state index contributed by atoms with van der Waals surface area (Å²) >= 11 is 0. The maximum absolute atomic E-state index is 5.93. The van der Waals surface area contributed by atoms with Crippen LogP contribution in [-0.2, 0) is 13.7 Å². The predicted octanol–water partition coefficient (Wildman–Crippen LogP) is 2.37. The van der Waals surface area contributed by atoms with Crippen molar-refractivity contribution >= 4 is 0 Å². The van der Waals surface area contributed by atoms with E-state index < -0.39 is 0 Å². The molecule has 1 N–H and O–H groups in total. The van der Waals surface area contributed by atoms with Crippen molar-refractivity contribution < 1.29 is 4.74 Å². The van der Waals surface area contributed by atoms with Crippen LogP contribution in [0.15, 0.2) is 24.4 Å². The Morgan fingerprint density at radius 1 is 1.40 bits per heavy atom. The van der Waals surface area contributed by atoms with Gasteiger partial charge in [0.05, 0.1) is 6.20 Å². The first-order valence-electron chi connectivity index (χ1n) is 6.92.